The number of carbonyl (C=O) groups is 1. The topological polar surface area (TPSA) is 20.3 Å². The van der Waals surface area contributed by atoms with Crippen LogP contribution in [-0.4, -0.2) is 23.9 Å². The largest absolute Gasteiger partial charge is 0.417 e. The molecule has 1 aromatic rings. The number of nitrogens with zero attached hydrogens (tertiary/aromatic N) is 1. The molecule has 0 aliphatic rings. The van der Waals surface area contributed by atoms with E-state index in [1.165, 1.54) is 17.0 Å². The summed E-state index contributed by atoms with van der Waals surface area (Å²) in [6.45, 7) is 7.97. The van der Waals surface area contributed by atoms with Crippen molar-refractivity contribution in [2.45, 2.75) is 20.0 Å². The van der Waals surface area contributed by atoms with E-state index in [1.54, 1.807) is 13.8 Å². The molecule has 0 atom stereocenters. The molecule has 6 heteroatoms. The average molecular weight is 350 g/mol. The van der Waals surface area contributed by atoms with E-state index in [2.05, 4.69) is 22.5 Å². The minimum absolute atomic E-state index is 0.0172. The molecule has 0 bridgehead atoms. The van der Waals surface area contributed by atoms with E-state index in [0.717, 1.165) is 11.6 Å². The lowest BCUT2D eigenvalue weighted by Crippen LogP contribution is -2.32. The molecule has 0 N–H and O–H groups in total. The first-order valence-electron chi connectivity index (χ1n) is 5.97. The molecule has 0 aliphatic carbocycles. The van der Waals surface area contributed by atoms with E-state index in [-0.39, 0.29) is 10.0 Å². The van der Waals surface area contributed by atoms with E-state index in [9.17, 15) is 18.0 Å². The van der Waals surface area contributed by atoms with Crippen molar-refractivity contribution in [1.29, 1.82) is 0 Å². The van der Waals surface area contributed by atoms with Crippen molar-refractivity contribution in [3.05, 3.63) is 46.0 Å². The highest BCUT2D eigenvalue weighted by atomic mass is 79.9. The smallest absolute Gasteiger partial charge is 0.335 e. The van der Waals surface area contributed by atoms with Crippen LogP contribution in [0.25, 0.3) is 0 Å². The van der Waals surface area contributed by atoms with Crippen molar-refractivity contribution < 1.29 is 18.0 Å². The number of halogens is 4. The summed E-state index contributed by atoms with van der Waals surface area (Å²) in [6, 6.07) is 3.49. The summed E-state index contributed by atoms with van der Waals surface area (Å²) in [5.74, 6) is -0.437. The summed E-state index contributed by atoms with van der Waals surface area (Å²) in [7, 11) is 0. The molecule has 0 saturated heterocycles. The number of rotatable bonds is 4. The van der Waals surface area contributed by atoms with E-state index in [0.29, 0.717) is 13.1 Å². The molecule has 20 heavy (non-hydrogen) atoms. The third kappa shape index (κ3) is 4.10. The molecule has 1 aromatic carbocycles. The lowest BCUT2D eigenvalue weighted by Gasteiger charge is -2.21. The number of likely N-dealkylation sites (N-methyl/N-ethyl adjacent to an activating group) is 1. The number of amides is 1. The minimum Gasteiger partial charge on any atom is -0.335 e. The molecule has 2 nitrogen and oxygen atoms in total. The number of hydrogen-bond acceptors (Lipinski definition) is 1. The lowest BCUT2D eigenvalue weighted by molar-refractivity contribution is -0.138. The van der Waals surface area contributed by atoms with Crippen LogP contribution in [-0.2, 0) is 6.18 Å². The van der Waals surface area contributed by atoms with Crippen molar-refractivity contribution >= 4 is 21.8 Å². The lowest BCUT2D eigenvalue weighted by atomic mass is 10.1. The maximum Gasteiger partial charge on any atom is 0.417 e. The Labute approximate surface area is 124 Å². The molecular formula is C14H15BrF3NO. The fourth-order valence-corrected chi connectivity index (χ4v) is 2.18. The standard InChI is InChI=1S/C14H15BrF3NO/c1-4-19(8-9(2)3)13(20)10-5-6-12(15)11(7-10)14(16,17)18/h5-7H,2,4,8H2,1,3H3. The molecule has 0 aromatic heterocycles. The maximum atomic E-state index is 12.8. The van der Waals surface area contributed by atoms with Crippen LogP contribution in [0, 0.1) is 0 Å². The van der Waals surface area contributed by atoms with Gasteiger partial charge in [0, 0.05) is 23.1 Å². The number of hydrogen-bond donors (Lipinski definition) is 0. The Hall–Kier alpha value is -1.30. The van der Waals surface area contributed by atoms with Gasteiger partial charge in [0.1, 0.15) is 0 Å². The average Bonchev–Trinajstić information content (AvgIpc) is 2.34. The fraction of sp³-hybridized carbons (Fsp3) is 0.357. The van der Waals surface area contributed by atoms with E-state index < -0.39 is 17.6 Å². The highest BCUT2D eigenvalue weighted by Crippen LogP contribution is 2.35. The van der Waals surface area contributed by atoms with Crippen LogP contribution < -0.4 is 0 Å². The normalized spacial score (nSPS) is 11.3. The number of alkyl halides is 3. The third-order valence-corrected chi connectivity index (χ3v) is 3.34. The Morgan fingerprint density at radius 3 is 2.45 bits per heavy atom. The van der Waals surface area contributed by atoms with Gasteiger partial charge in [-0.05, 0) is 32.0 Å². The second-order valence-electron chi connectivity index (χ2n) is 4.47. The van der Waals surface area contributed by atoms with Gasteiger partial charge in [0.2, 0.25) is 0 Å². The highest BCUT2D eigenvalue weighted by Gasteiger charge is 2.33. The second-order valence-corrected chi connectivity index (χ2v) is 5.32. The number of benzene rings is 1. The van der Waals surface area contributed by atoms with Crippen LogP contribution in [0.4, 0.5) is 13.2 Å². The quantitative estimate of drug-likeness (QED) is 0.732. The minimum atomic E-state index is -4.50. The van der Waals surface area contributed by atoms with Gasteiger partial charge in [0.05, 0.1) is 5.56 Å². The third-order valence-electron chi connectivity index (χ3n) is 2.65. The summed E-state index contributed by atoms with van der Waals surface area (Å²) in [4.78, 5) is 13.7. The Bertz CT molecular complexity index is 526. The second kappa shape index (κ2) is 6.43. The summed E-state index contributed by atoms with van der Waals surface area (Å²) in [5, 5.41) is 0. The van der Waals surface area contributed by atoms with Crippen LogP contribution >= 0.6 is 15.9 Å². The Balaban J connectivity index is 3.14. The molecule has 0 radical (unpaired) electrons. The zero-order valence-electron chi connectivity index (χ0n) is 11.2. The SMILES string of the molecule is C=C(C)CN(CC)C(=O)c1ccc(Br)c(C(F)(F)F)c1. The molecule has 1 amide bonds. The Morgan fingerprint density at radius 1 is 1.40 bits per heavy atom. The zero-order chi connectivity index (χ0) is 15.5. The van der Waals surface area contributed by atoms with Gasteiger partial charge in [-0.25, -0.2) is 0 Å². The molecule has 0 heterocycles. The van der Waals surface area contributed by atoms with E-state index >= 15 is 0 Å². The van der Waals surface area contributed by atoms with Crippen LogP contribution in [0.1, 0.15) is 29.8 Å². The highest BCUT2D eigenvalue weighted by molar-refractivity contribution is 9.10. The van der Waals surface area contributed by atoms with Gasteiger partial charge in [-0.1, -0.05) is 28.1 Å². The summed E-state index contributed by atoms with van der Waals surface area (Å²) in [5.41, 5.74) is -0.0632. The zero-order valence-corrected chi connectivity index (χ0v) is 12.8. The molecule has 0 unspecified atom stereocenters. The van der Waals surface area contributed by atoms with E-state index in [4.69, 9.17) is 0 Å². The summed E-state index contributed by atoms with van der Waals surface area (Å²) in [6.07, 6.45) is -4.50. The van der Waals surface area contributed by atoms with Crippen molar-refractivity contribution in [3.63, 3.8) is 0 Å². The van der Waals surface area contributed by atoms with Gasteiger partial charge in [-0.15, -0.1) is 0 Å². The van der Waals surface area contributed by atoms with E-state index in [1.807, 2.05) is 0 Å². The molecule has 110 valence electrons. The van der Waals surface area contributed by atoms with Crippen LogP contribution in [0.3, 0.4) is 0 Å². The number of carbonyl (C=O) groups excluding carboxylic acids is 1. The molecule has 0 saturated carbocycles. The Kier molecular flexibility index (Phi) is 5.39. The fourth-order valence-electron chi connectivity index (χ4n) is 1.71. The first-order chi connectivity index (χ1) is 9.16. The van der Waals surface area contributed by atoms with Gasteiger partial charge in [-0.3, -0.25) is 4.79 Å². The van der Waals surface area contributed by atoms with Crippen molar-refractivity contribution in [3.8, 4) is 0 Å². The molecular weight excluding hydrogens is 335 g/mol. The maximum absolute atomic E-state index is 12.8. The summed E-state index contributed by atoms with van der Waals surface area (Å²) < 4.78 is 38.4. The van der Waals surface area contributed by atoms with Gasteiger partial charge in [0.15, 0.2) is 0 Å². The van der Waals surface area contributed by atoms with Crippen LogP contribution in [0.5, 0.6) is 0 Å². The monoisotopic (exact) mass is 349 g/mol. The molecule has 0 spiro atoms. The van der Waals surface area contributed by atoms with Gasteiger partial charge >= 0.3 is 6.18 Å². The van der Waals surface area contributed by atoms with Crippen LogP contribution in [0.2, 0.25) is 0 Å². The van der Waals surface area contributed by atoms with Crippen molar-refractivity contribution in [1.82, 2.24) is 4.90 Å². The van der Waals surface area contributed by atoms with Gasteiger partial charge in [0.25, 0.3) is 5.91 Å². The van der Waals surface area contributed by atoms with Gasteiger partial charge in [-0.2, -0.15) is 13.2 Å². The Morgan fingerprint density at radius 2 is 2.00 bits per heavy atom. The van der Waals surface area contributed by atoms with Crippen molar-refractivity contribution in [2.24, 2.45) is 0 Å². The van der Waals surface area contributed by atoms with Crippen molar-refractivity contribution in [2.75, 3.05) is 13.1 Å². The van der Waals surface area contributed by atoms with Crippen LogP contribution in [0.15, 0.2) is 34.8 Å². The summed E-state index contributed by atoms with van der Waals surface area (Å²) >= 11 is 2.85. The van der Waals surface area contributed by atoms with Gasteiger partial charge < -0.3 is 4.90 Å². The molecule has 0 aliphatic heterocycles. The molecule has 0 fully saturated rings. The first kappa shape index (κ1) is 16.8. The molecule has 1 rings (SSSR count). The predicted molar refractivity (Wildman–Crippen MR) is 75.5 cm³/mol. The predicted octanol–water partition coefficient (Wildman–Crippen LogP) is 4.51. The first-order valence-corrected chi connectivity index (χ1v) is 6.76.